The molecule has 0 bridgehead atoms. The molecule has 0 saturated carbocycles. The molecule has 124 valence electrons. The lowest BCUT2D eigenvalue weighted by atomic mass is 10.2. The second kappa shape index (κ2) is 7.40. The molecule has 2 amide bonds. The van der Waals surface area contributed by atoms with Crippen molar-refractivity contribution < 1.29 is 9.59 Å². The Morgan fingerprint density at radius 1 is 0.960 bits per heavy atom. The van der Waals surface area contributed by atoms with Crippen LogP contribution >= 0.6 is 0 Å². The maximum Gasteiger partial charge on any atom is 0.248 e. The third-order valence-electron chi connectivity index (χ3n) is 3.52. The monoisotopic (exact) mass is 331 g/mol. The van der Waals surface area contributed by atoms with Crippen LogP contribution in [0.25, 0.3) is 17.0 Å². The van der Waals surface area contributed by atoms with Crippen molar-refractivity contribution in [3.63, 3.8) is 0 Å². The summed E-state index contributed by atoms with van der Waals surface area (Å²) >= 11 is 0. The van der Waals surface area contributed by atoms with Crippen molar-refractivity contribution >= 4 is 40.2 Å². The number of hydrogen-bond acceptors (Lipinski definition) is 3. The van der Waals surface area contributed by atoms with Gasteiger partial charge in [-0.3, -0.25) is 14.6 Å². The molecule has 2 N–H and O–H groups in total. The quantitative estimate of drug-likeness (QED) is 0.714. The van der Waals surface area contributed by atoms with E-state index in [1.807, 2.05) is 42.5 Å². The molecule has 0 saturated heterocycles. The number of rotatable bonds is 4. The molecule has 5 heteroatoms. The molecular weight excluding hydrogens is 314 g/mol. The van der Waals surface area contributed by atoms with Crippen molar-refractivity contribution in [1.82, 2.24) is 4.98 Å². The molecule has 0 fully saturated rings. The molecule has 3 aromatic rings. The summed E-state index contributed by atoms with van der Waals surface area (Å²) < 4.78 is 0. The summed E-state index contributed by atoms with van der Waals surface area (Å²) in [6, 6.07) is 16.8. The van der Waals surface area contributed by atoms with Crippen LogP contribution in [0.3, 0.4) is 0 Å². The summed E-state index contributed by atoms with van der Waals surface area (Å²) in [7, 11) is 0. The average molecular weight is 331 g/mol. The first-order chi connectivity index (χ1) is 12.1. The van der Waals surface area contributed by atoms with Gasteiger partial charge in [0.25, 0.3) is 0 Å². The maximum atomic E-state index is 12.1. The zero-order valence-electron chi connectivity index (χ0n) is 13.7. The summed E-state index contributed by atoms with van der Waals surface area (Å²) in [5.74, 6) is -0.352. The van der Waals surface area contributed by atoms with Crippen LogP contribution in [-0.4, -0.2) is 16.8 Å². The number of carbonyl (C=O) groups is 2. The predicted molar refractivity (Wildman–Crippen MR) is 100 cm³/mol. The summed E-state index contributed by atoms with van der Waals surface area (Å²) in [5.41, 5.74) is 3.11. The lowest BCUT2D eigenvalue weighted by Crippen LogP contribution is -2.08. The highest BCUT2D eigenvalue weighted by Crippen LogP contribution is 2.16. The van der Waals surface area contributed by atoms with Crippen molar-refractivity contribution in [2.75, 3.05) is 10.6 Å². The number of carbonyl (C=O) groups excluding carboxylic acids is 2. The van der Waals surface area contributed by atoms with Crippen LogP contribution < -0.4 is 10.6 Å². The fourth-order valence-electron chi connectivity index (χ4n) is 2.38. The molecule has 1 aromatic heterocycles. The standard InChI is InChI=1S/C20H17N3O2/c1-14(24)22-17-9-6-15(7-10-17)8-11-20(25)23-18-12-16-4-2-3-5-19(16)21-13-18/h2-13H,1H3,(H,22,24)(H,23,25)/b11-8+. The molecule has 0 atom stereocenters. The van der Waals surface area contributed by atoms with Crippen LogP contribution in [0.15, 0.2) is 66.9 Å². The fourth-order valence-corrected chi connectivity index (χ4v) is 2.38. The minimum atomic E-state index is -0.233. The first kappa shape index (κ1) is 16.4. The van der Waals surface area contributed by atoms with E-state index in [0.29, 0.717) is 5.69 Å². The Kier molecular flexibility index (Phi) is 4.85. The number of nitrogens with one attached hydrogen (secondary N) is 2. The second-order valence-electron chi connectivity index (χ2n) is 5.54. The van der Waals surface area contributed by atoms with Gasteiger partial charge in [0.15, 0.2) is 0 Å². The van der Waals surface area contributed by atoms with E-state index in [1.165, 1.54) is 13.0 Å². The summed E-state index contributed by atoms with van der Waals surface area (Å²) in [4.78, 5) is 27.3. The minimum Gasteiger partial charge on any atom is -0.326 e. The highest BCUT2D eigenvalue weighted by molar-refractivity contribution is 6.02. The van der Waals surface area contributed by atoms with Gasteiger partial charge in [-0.1, -0.05) is 30.3 Å². The van der Waals surface area contributed by atoms with E-state index in [4.69, 9.17) is 0 Å². The van der Waals surface area contributed by atoms with E-state index >= 15 is 0 Å². The highest BCUT2D eigenvalue weighted by Gasteiger charge is 2.01. The predicted octanol–water partition coefficient (Wildman–Crippen LogP) is 3.85. The molecule has 5 nitrogen and oxygen atoms in total. The normalized spacial score (nSPS) is 10.8. The van der Waals surface area contributed by atoms with Crippen LogP contribution in [0.2, 0.25) is 0 Å². The van der Waals surface area contributed by atoms with Crippen molar-refractivity contribution in [2.24, 2.45) is 0 Å². The number of amides is 2. The van der Waals surface area contributed by atoms with Gasteiger partial charge in [0.1, 0.15) is 0 Å². The number of fused-ring (bicyclic) bond motifs is 1. The van der Waals surface area contributed by atoms with Gasteiger partial charge in [-0.15, -0.1) is 0 Å². The Balaban J connectivity index is 1.64. The largest absolute Gasteiger partial charge is 0.326 e. The molecule has 0 aliphatic heterocycles. The van der Waals surface area contributed by atoms with Crippen molar-refractivity contribution in [3.05, 3.63) is 72.4 Å². The lowest BCUT2D eigenvalue weighted by molar-refractivity contribution is -0.114. The van der Waals surface area contributed by atoms with Gasteiger partial charge in [0, 0.05) is 24.1 Å². The Hall–Kier alpha value is -3.47. The van der Waals surface area contributed by atoms with Gasteiger partial charge in [-0.2, -0.15) is 0 Å². The zero-order valence-corrected chi connectivity index (χ0v) is 13.7. The Morgan fingerprint density at radius 2 is 1.72 bits per heavy atom. The number of benzene rings is 2. The molecule has 0 aliphatic rings. The number of aromatic nitrogens is 1. The van der Waals surface area contributed by atoms with Gasteiger partial charge in [-0.05, 0) is 35.9 Å². The third kappa shape index (κ3) is 4.51. The van der Waals surface area contributed by atoms with Crippen LogP contribution in [0.4, 0.5) is 11.4 Å². The summed E-state index contributed by atoms with van der Waals surface area (Å²) in [6.07, 6.45) is 4.81. The SMILES string of the molecule is CC(=O)Nc1ccc(/C=C/C(=O)Nc2cnc3ccccc3c2)cc1. The number of para-hydroxylation sites is 1. The molecule has 0 radical (unpaired) electrons. The van der Waals surface area contributed by atoms with E-state index in [1.54, 1.807) is 24.4 Å². The van der Waals surface area contributed by atoms with E-state index in [0.717, 1.165) is 22.2 Å². The maximum absolute atomic E-state index is 12.1. The summed E-state index contributed by atoms with van der Waals surface area (Å²) in [5, 5.41) is 6.46. The lowest BCUT2D eigenvalue weighted by Gasteiger charge is -2.04. The minimum absolute atomic E-state index is 0.119. The Bertz CT molecular complexity index is 947. The van der Waals surface area contributed by atoms with Crippen LogP contribution in [0.1, 0.15) is 12.5 Å². The average Bonchev–Trinajstić information content (AvgIpc) is 2.60. The van der Waals surface area contributed by atoms with E-state index in [2.05, 4.69) is 15.6 Å². The smallest absolute Gasteiger partial charge is 0.248 e. The first-order valence-corrected chi connectivity index (χ1v) is 7.82. The molecular formula is C20H17N3O2. The van der Waals surface area contributed by atoms with Crippen LogP contribution in [0, 0.1) is 0 Å². The third-order valence-corrected chi connectivity index (χ3v) is 3.52. The van der Waals surface area contributed by atoms with Gasteiger partial charge in [0.2, 0.25) is 11.8 Å². The number of hydrogen-bond donors (Lipinski definition) is 2. The molecule has 3 rings (SSSR count). The topological polar surface area (TPSA) is 71.1 Å². The van der Waals surface area contributed by atoms with Gasteiger partial charge < -0.3 is 10.6 Å². The van der Waals surface area contributed by atoms with E-state index in [9.17, 15) is 9.59 Å². The second-order valence-corrected chi connectivity index (χ2v) is 5.54. The van der Waals surface area contributed by atoms with Crippen molar-refractivity contribution in [2.45, 2.75) is 6.92 Å². The highest BCUT2D eigenvalue weighted by atomic mass is 16.2. The Morgan fingerprint density at radius 3 is 2.48 bits per heavy atom. The van der Waals surface area contributed by atoms with E-state index in [-0.39, 0.29) is 11.8 Å². The van der Waals surface area contributed by atoms with Crippen LogP contribution in [0.5, 0.6) is 0 Å². The fraction of sp³-hybridized carbons (Fsp3) is 0.0500. The Labute approximate surface area is 145 Å². The molecule has 25 heavy (non-hydrogen) atoms. The molecule has 0 aliphatic carbocycles. The van der Waals surface area contributed by atoms with E-state index < -0.39 is 0 Å². The van der Waals surface area contributed by atoms with Crippen molar-refractivity contribution in [3.8, 4) is 0 Å². The molecule has 0 spiro atoms. The van der Waals surface area contributed by atoms with Gasteiger partial charge >= 0.3 is 0 Å². The van der Waals surface area contributed by atoms with Crippen molar-refractivity contribution in [1.29, 1.82) is 0 Å². The number of anilines is 2. The van der Waals surface area contributed by atoms with Gasteiger partial charge in [0.05, 0.1) is 17.4 Å². The summed E-state index contributed by atoms with van der Waals surface area (Å²) in [6.45, 7) is 1.46. The molecule has 2 aromatic carbocycles. The zero-order chi connectivity index (χ0) is 17.6. The number of nitrogens with zero attached hydrogens (tertiary/aromatic N) is 1. The van der Waals surface area contributed by atoms with Crippen LogP contribution in [-0.2, 0) is 9.59 Å². The molecule has 0 unspecified atom stereocenters. The molecule has 1 heterocycles. The van der Waals surface area contributed by atoms with Gasteiger partial charge in [-0.25, -0.2) is 0 Å². The first-order valence-electron chi connectivity index (χ1n) is 7.82. The number of pyridine rings is 1.